The predicted octanol–water partition coefficient (Wildman–Crippen LogP) is 3.12. The fourth-order valence-electron chi connectivity index (χ4n) is 2.17. The summed E-state index contributed by atoms with van der Waals surface area (Å²) in [7, 11) is 1.68. The zero-order valence-electron chi connectivity index (χ0n) is 13.1. The minimum absolute atomic E-state index is 0.0962. The molecule has 1 atom stereocenters. The smallest absolute Gasteiger partial charge is 0.123 e. The van der Waals surface area contributed by atoms with Crippen LogP contribution in [0.4, 0.5) is 0 Å². The molecule has 1 aromatic carbocycles. The Morgan fingerprint density at radius 3 is 2.16 bits per heavy atom. The third kappa shape index (κ3) is 4.51. The first-order valence-electron chi connectivity index (χ1n) is 6.77. The van der Waals surface area contributed by atoms with Crippen molar-refractivity contribution in [3.05, 3.63) is 29.3 Å². The molecule has 0 saturated carbocycles. The Bertz CT molecular complexity index is 427. The second-order valence-electron chi connectivity index (χ2n) is 7.01. The molecule has 0 saturated heterocycles. The van der Waals surface area contributed by atoms with E-state index in [1.54, 1.807) is 7.11 Å². The Balaban J connectivity index is 3.16. The monoisotopic (exact) mass is 264 g/mol. The standard InChI is InChI=1S/C16H28N2O/c1-15(2,3)11-7-8-14(19-6)12(9-11)13(17)10-16(4,5)18/h7-9,13H,10,17-18H2,1-6H3. The number of ether oxygens (including phenoxy) is 1. The van der Waals surface area contributed by atoms with Gasteiger partial charge in [0.15, 0.2) is 0 Å². The van der Waals surface area contributed by atoms with Gasteiger partial charge < -0.3 is 16.2 Å². The lowest BCUT2D eigenvalue weighted by Crippen LogP contribution is -2.36. The summed E-state index contributed by atoms with van der Waals surface area (Å²) in [6.45, 7) is 10.6. The first-order chi connectivity index (χ1) is 8.54. The van der Waals surface area contributed by atoms with Crippen molar-refractivity contribution in [1.82, 2.24) is 0 Å². The molecule has 19 heavy (non-hydrogen) atoms. The molecule has 0 heterocycles. The molecule has 3 heteroatoms. The highest BCUT2D eigenvalue weighted by Gasteiger charge is 2.22. The maximum atomic E-state index is 6.31. The molecule has 0 aliphatic rings. The second-order valence-corrected chi connectivity index (χ2v) is 7.01. The summed E-state index contributed by atoms with van der Waals surface area (Å²) in [5, 5.41) is 0. The van der Waals surface area contributed by atoms with Crippen LogP contribution in [0, 0.1) is 0 Å². The van der Waals surface area contributed by atoms with Gasteiger partial charge in [-0.25, -0.2) is 0 Å². The van der Waals surface area contributed by atoms with Crippen molar-refractivity contribution in [2.45, 2.75) is 58.0 Å². The lowest BCUT2D eigenvalue weighted by molar-refractivity contribution is 0.387. The van der Waals surface area contributed by atoms with E-state index in [-0.39, 0.29) is 17.0 Å². The molecule has 0 radical (unpaired) electrons. The molecule has 3 nitrogen and oxygen atoms in total. The summed E-state index contributed by atoms with van der Waals surface area (Å²) >= 11 is 0. The van der Waals surface area contributed by atoms with Crippen LogP contribution >= 0.6 is 0 Å². The van der Waals surface area contributed by atoms with Crippen molar-refractivity contribution in [3.8, 4) is 5.75 Å². The van der Waals surface area contributed by atoms with Gasteiger partial charge in [-0.05, 0) is 37.3 Å². The molecule has 0 aromatic heterocycles. The largest absolute Gasteiger partial charge is 0.496 e. The fraction of sp³-hybridized carbons (Fsp3) is 0.625. The highest BCUT2D eigenvalue weighted by atomic mass is 16.5. The van der Waals surface area contributed by atoms with Crippen LogP contribution in [0.1, 0.15) is 58.2 Å². The topological polar surface area (TPSA) is 61.3 Å². The molecular weight excluding hydrogens is 236 g/mol. The van der Waals surface area contributed by atoms with Crippen LogP contribution in [-0.4, -0.2) is 12.6 Å². The Morgan fingerprint density at radius 1 is 1.16 bits per heavy atom. The molecule has 0 aliphatic carbocycles. The SMILES string of the molecule is COc1ccc(C(C)(C)C)cc1C(N)CC(C)(C)N. The maximum absolute atomic E-state index is 6.31. The lowest BCUT2D eigenvalue weighted by atomic mass is 9.84. The van der Waals surface area contributed by atoms with Gasteiger partial charge in [0.05, 0.1) is 7.11 Å². The number of hydrogen-bond donors (Lipinski definition) is 2. The molecule has 4 N–H and O–H groups in total. The van der Waals surface area contributed by atoms with Gasteiger partial charge in [-0.15, -0.1) is 0 Å². The molecule has 0 amide bonds. The van der Waals surface area contributed by atoms with E-state index < -0.39 is 0 Å². The van der Waals surface area contributed by atoms with Crippen molar-refractivity contribution in [1.29, 1.82) is 0 Å². The first-order valence-corrected chi connectivity index (χ1v) is 6.77. The summed E-state index contributed by atoms with van der Waals surface area (Å²) in [5.41, 5.74) is 14.5. The lowest BCUT2D eigenvalue weighted by Gasteiger charge is -2.27. The summed E-state index contributed by atoms with van der Waals surface area (Å²) in [4.78, 5) is 0. The van der Waals surface area contributed by atoms with Crippen LogP contribution < -0.4 is 16.2 Å². The van der Waals surface area contributed by atoms with Crippen LogP contribution in [0.3, 0.4) is 0 Å². The second kappa shape index (κ2) is 5.51. The summed E-state index contributed by atoms with van der Waals surface area (Å²) in [6, 6.07) is 6.13. The summed E-state index contributed by atoms with van der Waals surface area (Å²) in [5.74, 6) is 0.838. The van der Waals surface area contributed by atoms with E-state index in [2.05, 4.69) is 32.9 Å². The molecule has 0 fully saturated rings. The normalized spacial score (nSPS) is 14.3. The van der Waals surface area contributed by atoms with E-state index in [9.17, 15) is 0 Å². The summed E-state index contributed by atoms with van der Waals surface area (Å²) < 4.78 is 5.43. The summed E-state index contributed by atoms with van der Waals surface area (Å²) in [6.07, 6.45) is 0.719. The Labute approximate surface area is 117 Å². The van der Waals surface area contributed by atoms with Gasteiger partial charge in [0.1, 0.15) is 5.75 Å². The van der Waals surface area contributed by atoms with E-state index in [0.29, 0.717) is 0 Å². The highest BCUT2D eigenvalue weighted by Crippen LogP contribution is 2.33. The Hall–Kier alpha value is -1.06. The minimum Gasteiger partial charge on any atom is -0.496 e. The Morgan fingerprint density at radius 2 is 1.74 bits per heavy atom. The number of methoxy groups -OCH3 is 1. The van der Waals surface area contributed by atoms with Gasteiger partial charge in [0.2, 0.25) is 0 Å². The van der Waals surface area contributed by atoms with E-state index in [0.717, 1.165) is 17.7 Å². The number of nitrogens with two attached hydrogens (primary N) is 2. The highest BCUT2D eigenvalue weighted by molar-refractivity contribution is 5.41. The molecule has 1 rings (SSSR count). The van der Waals surface area contributed by atoms with Crippen molar-refractivity contribution < 1.29 is 4.74 Å². The van der Waals surface area contributed by atoms with Crippen LogP contribution in [0.25, 0.3) is 0 Å². The van der Waals surface area contributed by atoms with Crippen LogP contribution in [0.2, 0.25) is 0 Å². The average molecular weight is 264 g/mol. The molecular formula is C16H28N2O. The quantitative estimate of drug-likeness (QED) is 0.878. The zero-order valence-corrected chi connectivity index (χ0v) is 13.1. The van der Waals surface area contributed by atoms with Crippen LogP contribution in [0.15, 0.2) is 18.2 Å². The first kappa shape index (κ1) is 16.0. The number of hydrogen-bond acceptors (Lipinski definition) is 3. The van der Waals surface area contributed by atoms with Crippen LogP contribution in [-0.2, 0) is 5.41 Å². The average Bonchev–Trinajstić information content (AvgIpc) is 2.24. The van der Waals surface area contributed by atoms with Crippen molar-refractivity contribution in [2.75, 3.05) is 7.11 Å². The predicted molar refractivity (Wildman–Crippen MR) is 81.5 cm³/mol. The molecule has 0 bridgehead atoms. The van der Waals surface area contributed by atoms with Gasteiger partial charge in [-0.1, -0.05) is 32.9 Å². The molecule has 1 aromatic rings. The van der Waals surface area contributed by atoms with Gasteiger partial charge in [-0.3, -0.25) is 0 Å². The van der Waals surface area contributed by atoms with E-state index in [1.807, 2.05) is 19.9 Å². The van der Waals surface area contributed by atoms with Gasteiger partial charge >= 0.3 is 0 Å². The van der Waals surface area contributed by atoms with Crippen molar-refractivity contribution in [3.63, 3.8) is 0 Å². The number of benzene rings is 1. The minimum atomic E-state index is -0.290. The van der Waals surface area contributed by atoms with E-state index in [4.69, 9.17) is 16.2 Å². The Kier molecular flexibility index (Phi) is 4.64. The van der Waals surface area contributed by atoms with E-state index >= 15 is 0 Å². The zero-order chi connectivity index (χ0) is 14.8. The third-order valence-corrected chi connectivity index (χ3v) is 3.24. The van der Waals surface area contributed by atoms with Crippen LogP contribution in [0.5, 0.6) is 5.75 Å². The molecule has 0 spiro atoms. The van der Waals surface area contributed by atoms with Gasteiger partial charge in [-0.2, -0.15) is 0 Å². The number of rotatable bonds is 4. The van der Waals surface area contributed by atoms with E-state index in [1.165, 1.54) is 5.56 Å². The molecule has 1 unspecified atom stereocenters. The fourth-order valence-corrected chi connectivity index (χ4v) is 2.17. The van der Waals surface area contributed by atoms with Crippen molar-refractivity contribution in [2.24, 2.45) is 11.5 Å². The third-order valence-electron chi connectivity index (χ3n) is 3.24. The van der Waals surface area contributed by atoms with Gasteiger partial charge in [0.25, 0.3) is 0 Å². The molecule has 108 valence electrons. The van der Waals surface area contributed by atoms with Crippen molar-refractivity contribution >= 4 is 0 Å². The maximum Gasteiger partial charge on any atom is 0.123 e. The van der Waals surface area contributed by atoms with Gasteiger partial charge in [0, 0.05) is 17.1 Å². The molecule has 0 aliphatic heterocycles.